The van der Waals surface area contributed by atoms with E-state index in [1.807, 2.05) is 6.07 Å². The summed E-state index contributed by atoms with van der Waals surface area (Å²) in [6, 6.07) is 65.5. The molecule has 0 fully saturated rings. The van der Waals surface area contributed by atoms with Crippen molar-refractivity contribution >= 4 is 65.6 Å². The molecule has 3 nitrogen and oxygen atoms in total. The molecule has 0 aliphatic heterocycles. The van der Waals surface area contributed by atoms with E-state index in [4.69, 9.17) is 4.42 Å². The first-order chi connectivity index (χ1) is 25.3. The van der Waals surface area contributed by atoms with Gasteiger partial charge < -0.3 is 13.6 Å². The zero-order chi connectivity index (χ0) is 33.5. The van der Waals surface area contributed by atoms with Crippen molar-refractivity contribution in [1.29, 1.82) is 0 Å². The Morgan fingerprint density at radius 3 is 1.55 bits per heavy atom. The third-order valence-corrected chi connectivity index (χ3v) is 10.5. The maximum Gasteiger partial charge on any atom is 0.145 e. The van der Waals surface area contributed by atoms with Crippen LogP contribution in [0.5, 0.6) is 0 Å². The molecule has 0 aliphatic carbocycles. The lowest BCUT2D eigenvalue weighted by molar-refractivity contribution is 0.673. The number of furan rings is 1. The molecule has 0 spiro atoms. The van der Waals surface area contributed by atoms with Crippen LogP contribution >= 0.6 is 0 Å². The van der Waals surface area contributed by atoms with Crippen molar-refractivity contribution in [1.82, 2.24) is 9.13 Å². The molecule has 51 heavy (non-hydrogen) atoms. The first kappa shape index (κ1) is 28.0. The maximum absolute atomic E-state index is 6.66. The third kappa shape index (κ3) is 4.19. The molecule has 0 aliphatic rings. The first-order valence-corrected chi connectivity index (χ1v) is 17.4. The molecule has 0 radical (unpaired) electrons. The van der Waals surface area contributed by atoms with Gasteiger partial charge in [0.05, 0.1) is 27.5 Å². The van der Waals surface area contributed by atoms with Crippen molar-refractivity contribution in [3.05, 3.63) is 182 Å². The highest BCUT2D eigenvalue weighted by atomic mass is 16.3. The van der Waals surface area contributed by atoms with Gasteiger partial charge in [-0.1, -0.05) is 115 Å². The highest BCUT2D eigenvalue weighted by Gasteiger charge is 2.20. The summed E-state index contributed by atoms with van der Waals surface area (Å²) in [6.45, 7) is 0. The van der Waals surface area contributed by atoms with Crippen LogP contribution in [0.15, 0.2) is 186 Å². The van der Waals surface area contributed by atoms with Gasteiger partial charge in [-0.15, -0.1) is 0 Å². The summed E-state index contributed by atoms with van der Waals surface area (Å²) >= 11 is 0. The van der Waals surface area contributed by atoms with Gasteiger partial charge in [-0.25, -0.2) is 0 Å². The summed E-state index contributed by atoms with van der Waals surface area (Å²) in [5, 5.41) is 7.12. The predicted octanol–water partition coefficient (Wildman–Crippen LogP) is 13.1. The fourth-order valence-electron chi connectivity index (χ4n) is 8.22. The van der Waals surface area contributed by atoms with Gasteiger partial charge in [-0.05, 0) is 89.0 Å². The molecule has 0 saturated carbocycles. The number of hydrogen-bond donors (Lipinski definition) is 0. The number of fused-ring (bicyclic) bond motifs is 10. The van der Waals surface area contributed by atoms with Gasteiger partial charge in [-0.3, -0.25) is 0 Å². The smallest absolute Gasteiger partial charge is 0.145 e. The predicted molar refractivity (Wildman–Crippen MR) is 213 cm³/mol. The van der Waals surface area contributed by atoms with E-state index in [2.05, 4.69) is 185 Å². The van der Waals surface area contributed by atoms with Crippen LogP contribution in [-0.2, 0) is 0 Å². The summed E-state index contributed by atoms with van der Waals surface area (Å²) < 4.78 is 11.4. The zero-order valence-electron chi connectivity index (χ0n) is 27.6. The van der Waals surface area contributed by atoms with E-state index in [9.17, 15) is 0 Å². The molecule has 3 heterocycles. The number of hydrogen-bond acceptors (Lipinski definition) is 1. The molecule has 0 amide bonds. The monoisotopic (exact) mass is 650 g/mol. The van der Waals surface area contributed by atoms with Crippen LogP contribution in [0.1, 0.15) is 0 Å². The minimum atomic E-state index is 0.908. The lowest BCUT2D eigenvalue weighted by Gasteiger charge is -2.13. The molecular formula is C48H30N2O. The van der Waals surface area contributed by atoms with Gasteiger partial charge in [-0.2, -0.15) is 0 Å². The number of nitrogens with zero attached hydrogens (tertiary/aromatic N) is 2. The van der Waals surface area contributed by atoms with E-state index in [0.29, 0.717) is 0 Å². The van der Waals surface area contributed by atoms with Gasteiger partial charge in [0.15, 0.2) is 0 Å². The van der Waals surface area contributed by atoms with Crippen LogP contribution in [0.3, 0.4) is 0 Å². The van der Waals surface area contributed by atoms with Gasteiger partial charge in [0.25, 0.3) is 0 Å². The molecule has 0 N–H and O–H groups in total. The van der Waals surface area contributed by atoms with Crippen molar-refractivity contribution in [3.63, 3.8) is 0 Å². The quantitative estimate of drug-likeness (QED) is 0.186. The van der Waals surface area contributed by atoms with Crippen molar-refractivity contribution < 1.29 is 4.42 Å². The van der Waals surface area contributed by atoms with Crippen LogP contribution in [-0.4, -0.2) is 9.13 Å². The molecule has 0 unspecified atom stereocenters. The van der Waals surface area contributed by atoms with Crippen molar-refractivity contribution in [3.8, 4) is 33.6 Å². The Morgan fingerprint density at radius 2 is 0.843 bits per heavy atom. The minimum Gasteiger partial charge on any atom is -0.455 e. The maximum atomic E-state index is 6.66. The van der Waals surface area contributed by atoms with E-state index in [1.165, 1.54) is 43.9 Å². The standard InChI is InChI=1S/C48H30N2O/c1-2-12-31(13-3-1)34-24-26-44-41(30-34)47-45(27-25-40-39-20-6-9-23-46(39)51-48(40)47)50(44)36-17-11-15-33(29-36)32-14-10-16-35(28-32)49-42-21-7-4-18-37(42)38-19-5-8-22-43(38)49/h1-30H. The van der Waals surface area contributed by atoms with Crippen LogP contribution in [0.4, 0.5) is 0 Å². The van der Waals surface area contributed by atoms with Crippen molar-refractivity contribution in [2.75, 3.05) is 0 Å². The topological polar surface area (TPSA) is 23.0 Å². The molecular weight excluding hydrogens is 621 g/mol. The molecule has 3 aromatic heterocycles. The van der Waals surface area contributed by atoms with Crippen LogP contribution in [0.25, 0.3) is 99.2 Å². The molecule has 0 saturated heterocycles. The molecule has 8 aromatic carbocycles. The highest BCUT2D eigenvalue weighted by molar-refractivity contribution is 6.24. The number of rotatable bonds is 4. The second kappa shape index (κ2) is 10.8. The number of aromatic nitrogens is 2. The van der Waals surface area contributed by atoms with Crippen molar-refractivity contribution in [2.45, 2.75) is 0 Å². The average molecular weight is 651 g/mol. The van der Waals surface area contributed by atoms with E-state index in [1.54, 1.807) is 0 Å². The Kier molecular flexibility index (Phi) is 5.96. The fraction of sp³-hybridized carbons (Fsp3) is 0. The summed E-state index contributed by atoms with van der Waals surface area (Å²) in [7, 11) is 0. The van der Waals surface area contributed by atoms with Crippen LogP contribution in [0, 0.1) is 0 Å². The van der Waals surface area contributed by atoms with Crippen LogP contribution in [0.2, 0.25) is 0 Å². The summed E-state index contributed by atoms with van der Waals surface area (Å²) in [4.78, 5) is 0. The van der Waals surface area contributed by atoms with Crippen LogP contribution < -0.4 is 0 Å². The summed E-state index contributed by atoms with van der Waals surface area (Å²) in [5.74, 6) is 0. The third-order valence-electron chi connectivity index (χ3n) is 10.5. The normalized spacial score (nSPS) is 11.9. The van der Waals surface area contributed by atoms with E-state index >= 15 is 0 Å². The first-order valence-electron chi connectivity index (χ1n) is 17.4. The average Bonchev–Trinajstić information content (AvgIpc) is 3.86. The Morgan fingerprint density at radius 1 is 0.314 bits per heavy atom. The lowest BCUT2D eigenvalue weighted by Crippen LogP contribution is -1.96. The van der Waals surface area contributed by atoms with Gasteiger partial charge in [0.2, 0.25) is 0 Å². The van der Waals surface area contributed by atoms with Gasteiger partial charge >= 0.3 is 0 Å². The SMILES string of the molecule is c1ccc(-c2ccc3c(c2)c2c4oc5ccccc5c4ccc2n3-c2cccc(-c3cccc(-n4c5ccccc5c5ccccc54)c3)c2)cc1. The lowest BCUT2D eigenvalue weighted by atomic mass is 10.0. The highest BCUT2D eigenvalue weighted by Crippen LogP contribution is 2.42. The zero-order valence-corrected chi connectivity index (χ0v) is 27.6. The molecule has 0 atom stereocenters. The van der Waals surface area contributed by atoms with Gasteiger partial charge in [0.1, 0.15) is 11.2 Å². The molecule has 238 valence electrons. The van der Waals surface area contributed by atoms with E-state index in [0.717, 1.165) is 55.3 Å². The Balaban J connectivity index is 1.13. The van der Waals surface area contributed by atoms with E-state index < -0.39 is 0 Å². The summed E-state index contributed by atoms with van der Waals surface area (Å²) in [5.41, 5.74) is 13.5. The number of para-hydroxylation sites is 3. The van der Waals surface area contributed by atoms with E-state index in [-0.39, 0.29) is 0 Å². The fourth-order valence-corrected chi connectivity index (χ4v) is 8.22. The Labute approximate surface area is 293 Å². The number of benzene rings is 8. The largest absolute Gasteiger partial charge is 0.455 e. The van der Waals surface area contributed by atoms with Gasteiger partial charge in [0, 0.05) is 38.3 Å². The second-order valence-corrected chi connectivity index (χ2v) is 13.3. The molecule has 11 aromatic rings. The molecule has 0 bridgehead atoms. The Hall–Kier alpha value is -6.84. The minimum absolute atomic E-state index is 0.908. The second-order valence-electron chi connectivity index (χ2n) is 13.3. The van der Waals surface area contributed by atoms with Crippen molar-refractivity contribution in [2.24, 2.45) is 0 Å². The summed E-state index contributed by atoms with van der Waals surface area (Å²) in [6.07, 6.45) is 0. The molecule has 3 heteroatoms. The molecule has 11 rings (SSSR count). The Bertz CT molecular complexity index is 3090.